The molecule has 1 saturated heterocycles. The van der Waals surface area contributed by atoms with Crippen molar-refractivity contribution in [2.24, 2.45) is 5.92 Å². The molecule has 8 nitrogen and oxygen atoms in total. The molecule has 142 valence electrons. The molecule has 27 heavy (non-hydrogen) atoms. The zero-order valence-electron chi connectivity index (χ0n) is 14.5. The van der Waals surface area contributed by atoms with E-state index in [0.29, 0.717) is 24.0 Å². The first kappa shape index (κ1) is 17.8. The fourth-order valence-corrected chi connectivity index (χ4v) is 4.49. The number of nitro benzene ring substituents is 1. The summed E-state index contributed by atoms with van der Waals surface area (Å²) in [5.74, 6) is 0.631. The van der Waals surface area contributed by atoms with Crippen molar-refractivity contribution < 1.29 is 24.0 Å². The molecule has 0 radical (unpaired) electrons. The van der Waals surface area contributed by atoms with Gasteiger partial charge in [-0.2, -0.15) is 0 Å². The molecule has 1 aromatic carbocycles. The second-order valence-electron chi connectivity index (χ2n) is 6.82. The molecule has 0 aromatic heterocycles. The van der Waals surface area contributed by atoms with Crippen LogP contribution >= 0.6 is 11.8 Å². The zero-order chi connectivity index (χ0) is 19.0. The van der Waals surface area contributed by atoms with Crippen LogP contribution in [0.5, 0.6) is 11.5 Å². The number of fused-ring (bicyclic) bond motifs is 1. The second-order valence-corrected chi connectivity index (χ2v) is 7.81. The number of ether oxygens (including phenoxy) is 2. The normalized spacial score (nSPS) is 21.3. The Bertz CT molecular complexity index is 846. The Morgan fingerprint density at radius 3 is 2.59 bits per heavy atom. The average Bonchev–Trinajstić information content (AvgIpc) is 3.21. The minimum Gasteiger partial charge on any atom is -0.454 e. The molecule has 3 aliphatic rings. The topological polar surface area (TPSA) is 99.0 Å². The summed E-state index contributed by atoms with van der Waals surface area (Å²) in [5, 5.41) is 11.1. The molecule has 1 aliphatic carbocycles. The number of carbonyl (C=O) groups excluding carboxylic acids is 2. The molecule has 0 spiro atoms. The Labute approximate surface area is 159 Å². The van der Waals surface area contributed by atoms with E-state index in [1.807, 2.05) is 0 Å². The minimum atomic E-state index is -0.542. The highest BCUT2D eigenvalue weighted by Crippen LogP contribution is 2.41. The van der Waals surface area contributed by atoms with Crippen LogP contribution in [-0.4, -0.2) is 34.3 Å². The maximum atomic E-state index is 12.7. The maximum Gasteiger partial charge on any atom is 0.293 e. The number of benzene rings is 1. The van der Waals surface area contributed by atoms with Gasteiger partial charge < -0.3 is 9.47 Å². The van der Waals surface area contributed by atoms with Gasteiger partial charge in [0.2, 0.25) is 6.79 Å². The predicted molar refractivity (Wildman–Crippen MR) is 98.5 cm³/mol. The van der Waals surface area contributed by atoms with Crippen molar-refractivity contribution in [2.45, 2.75) is 32.1 Å². The third-order valence-corrected chi connectivity index (χ3v) is 5.95. The molecule has 2 amide bonds. The van der Waals surface area contributed by atoms with E-state index < -0.39 is 4.92 Å². The van der Waals surface area contributed by atoms with Gasteiger partial charge in [0.05, 0.1) is 21.5 Å². The second kappa shape index (κ2) is 7.22. The van der Waals surface area contributed by atoms with Crippen LogP contribution in [0.15, 0.2) is 17.0 Å². The van der Waals surface area contributed by atoms with E-state index in [2.05, 4.69) is 0 Å². The molecule has 9 heteroatoms. The van der Waals surface area contributed by atoms with Gasteiger partial charge in [0.25, 0.3) is 16.8 Å². The SMILES string of the molecule is O=C1S/C(=C\c2cc3c(cc2[N+](=O)[O-])OCO3)C(=O)N1CC1CCCCC1. The van der Waals surface area contributed by atoms with E-state index in [4.69, 9.17) is 9.47 Å². The van der Waals surface area contributed by atoms with Crippen LogP contribution < -0.4 is 9.47 Å². The van der Waals surface area contributed by atoms with Crippen molar-refractivity contribution in [1.29, 1.82) is 0 Å². The van der Waals surface area contributed by atoms with Crippen LogP contribution in [0.3, 0.4) is 0 Å². The van der Waals surface area contributed by atoms with Gasteiger partial charge in [0, 0.05) is 6.54 Å². The summed E-state index contributed by atoms with van der Waals surface area (Å²) < 4.78 is 10.4. The van der Waals surface area contributed by atoms with Gasteiger partial charge in [-0.25, -0.2) is 0 Å². The summed E-state index contributed by atoms with van der Waals surface area (Å²) >= 11 is 0.823. The Hall–Kier alpha value is -2.55. The van der Waals surface area contributed by atoms with Gasteiger partial charge in [-0.05, 0) is 42.7 Å². The van der Waals surface area contributed by atoms with Crippen LogP contribution in [0.2, 0.25) is 0 Å². The first-order chi connectivity index (χ1) is 13.0. The van der Waals surface area contributed by atoms with Crippen molar-refractivity contribution in [3.63, 3.8) is 0 Å². The molecule has 0 atom stereocenters. The summed E-state index contributed by atoms with van der Waals surface area (Å²) in [4.78, 5) is 37.3. The monoisotopic (exact) mass is 390 g/mol. The predicted octanol–water partition coefficient (Wildman–Crippen LogP) is 3.94. The van der Waals surface area contributed by atoms with Crippen LogP contribution in [-0.2, 0) is 4.79 Å². The molecule has 1 saturated carbocycles. The van der Waals surface area contributed by atoms with Crippen molar-refractivity contribution in [3.05, 3.63) is 32.7 Å². The highest BCUT2D eigenvalue weighted by molar-refractivity contribution is 8.18. The van der Waals surface area contributed by atoms with Crippen molar-refractivity contribution in [1.82, 2.24) is 4.90 Å². The Balaban J connectivity index is 1.60. The lowest BCUT2D eigenvalue weighted by Crippen LogP contribution is -2.34. The number of amides is 2. The average molecular weight is 390 g/mol. The standard InChI is InChI=1S/C18H18N2O6S/c21-17-16(27-18(22)19(17)9-11-4-2-1-3-5-11)7-12-6-14-15(26-10-25-14)8-13(12)20(23)24/h6-8,11H,1-5,9-10H2/b16-7-. The first-order valence-electron chi connectivity index (χ1n) is 8.86. The minimum absolute atomic E-state index is 0.00611. The number of nitro groups is 1. The van der Waals surface area contributed by atoms with Gasteiger partial charge in [-0.15, -0.1) is 0 Å². The van der Waals surface area contributed by atoms with Gasteiger partial charge >= 0.3 is 0 Å². The number of hydrogen-bond acceptors (Lipinski definition) is 7. The molecular weight excluding hydrogens is 372 g/mol. The third kappa shape index (κ3) is 3.51. The Kier molecular flexibility index (Phi) is 4.77. The maximum absolute atomic E-state index is 12.7. The molecule has 4 rings (SSSR count). The first-order valence-corrected chi connectivity index (χ1v) is 9.68. The van der Waals surface area contributed by atoms with Gasteiger partial charge in [-0.3, -0.25) is 24.6 Å². The highest BCUT2D eigenvalue weighted by atomic mass is 32.2. The Morgan fingerprint density at radius 1 is 1.19 bits per heavy atom. The van der Waals surface area contributed by atoms with E-state index in [9.17, 15) is 19.7 Å². The van der Waals surface area contributed by atoms with Crippen molar-refractivity contribution in [2.75, 3.05) is 13.3 Å². The molecule has 1 aromatic rings. The van der Waals surface area contributed by atoms with Crippen molar-refractivity contribution >= 4 is 34.7 Å². The number of carbonyl (C=O) groups is 2. The fourth-order valence-electron chi connectivity index (χ4n) is 3.65. The summed E-state index contributed by atoms with van der Waals surface area (Å²) in [7, 11) is 0. The number of imide groups is 1. The zero-order valence-corrected chi connectivity index (χ0v) is 15.3. The number of nitrogens with zero attached hydrogens (tertiary/aromatic N) is 2. The smallest absolute Gasteiger partial charge is 0.293 e. The lowest BCUT2D eigenvalue weighted by atomic mass is 9.89. The fraction of sp³-hybridized carbons (Fsp3) is 0.444. The van der Waals surface area contributed by atoms with Gasteiger partial charge in [0.15, 0.2) is 11.5 Å². The van der Waals surface area contributed by atoms with Crippen LogP contribution in [0.25, 0.3) is 6.08 Å². The van der Waals surface area contributed by atoms with Crippen LogP contribution in [0.1, 0.15) is 37.7 Å². The molecule has 2 fully saturated rings. The largest absolute Gasteiger partial charge is 0.454 e. The van der Waals surface area contributed by atoms with E-state index >= 15 is 0 Å². The summed E-state index contributed by atoms with van der Waals surface area (Å²) in [6, 6.07) is 2.75. The molecule has 2 heterocycles. The van der Waals surface area contributed by atoms with E-state index in [1.165, 1.54) is 29.5 Å². The van der Waals surface area contributed by atoms with Gasteiger partial charge in [0.1, 0.15) is 0 Å². The highest BCUT2D eigenvalue weighted by Gasteiger charge is 2.37. The molecule has 2 aliphatic heterocycles. The quantitative estimate of drug-likeness (QED) is 0.436. The lowest BCUT2D eigenvalue weighted by molar-refractivity contribution is -0.385. The van der Waals surface area contributed by atoms with E-state index in [1.54, 1.807) is 0 Å². The number of hydrogen-bond donors (Lipinski definition) is 0. The molecule has 0 N–H and O–H groups in total. The van der Waals surface area contributed by atoms with E-state index in [0.717, 1.165) is 37.4 Å². The van der Waals surface area contributed by atoms with Gasteiger partial charge in [-0.1, -0.05) is 19.3 Å². The van der Waals surface area contributed by atoms with Crippen molar-refractivity contribution in [3.8, 4) is 11.5 Å². The number of rotatable bonds is 4. The van der Waals surface area contributed by atoms with E-state index in [-0.39, 0.29) is 34.1 Å². The van der Waals surface area contributed by atoms with Crippen LogP contribution in [0.4, 0.5) is 10.5 Å². The third-order valence-electron chi connectivity index (χ3n) is 5.04. The summed E-state index contributed by atoms with van der Waals surface area (Å²) in [5.41, 5.74) is 0.0192. The summed E-state index contributed by atoms with van der Waals surface area (Å²) in [6.45, 7) is 0.416. The Morgan fingerprint density at radius 2 is 1.89 bits per heavy atom. The molecule has 0 bridgehead atoms. The lowest BCUT2D eigenvalue weighted by Gasteiger charge is -2.25. The summed E-state index contributed by atoms with van der Waals surface area (Å²) in [6.07, 6.45) is 6.89. The van der Waals surface area contributed by atoms with Crippen LogP contribution in [0, 0.1) is 16.0 Å². The molecule has 0 unspecified atom stereocenters. The molecular formula is C18H18N2O6S. The number of thioether (sulfide) groups is 1.